The number of H-pyrrole nitrogens is 1. The Morgan fingerprint density at radius 3 is 3.05 bits per heavy atom. The topological polar surface area (TPSA) is 72.5 Å². The van der Waals surface area contributed by atoms with Crippen molar-refractivity contribution in [2.24, 2.45) is 0 Å². The first-order chi connectivity index (χ1) is 9.19. The number of aromatic amines is 1. The highest BCUT2D eigenvalue weighted by Gasteiger charge is 2.13. The van der Waals surface area contributed by atoms with Crippen LogP contribution in [0.5, 0.6) is 0 Å². The fraction of sp³-hybridized carbons (Fsp3) is 0.231. The second kappa shape index (κ2) is 4.38. The Morgan fingerprint density at radius 2 is 2.37 bits per heavy atom. The number of halogens is 1. The molecule has 2 heterocycles. The van der Waals surface area contributed by atoms with E-state index in [2.05, 4.69) is 21.1 Å². The average Bonchev–Trinajstić information content (AvgIpc) is 3.02. The maximum absolute atomic E-state index is 13.6. The Balaban J connectivity index is 2.08. The molecule has 0 saturated carbocycles. The summed E-state index contributed by atoms with van der Waals surface area (Å²) in [5.74, 6) is 0.779. The van der Waals surface area contributed by atoms with Crippen molar-refractivity contribution in [2.75, 3.05) is 5.73 Å². The van der Waals surface area contributed by atoms with E-state index in [0.717, 1.165) is 11.2 Å². The molecule has 3 aromatic rings. The Labute approximate surface area is 109 Å². The van der Waals surface area contributed by atoms with Crippen LogP contribution in [0.15, 0.2) is 24.4 Å². The number of imidazole rings is 1. The molecule has 2 aromatic heterocycles. The number of aromatic nitrogens is 4. The van der Waals surface area contributed by atoms with Gasteiger partial charge >= 0.3 is 0 Å². The van der Waals surface area contributed by atoms with E-state index in [1.54, 1.807) is 11.6 Å². The predicted octanol–water partition coefficient (Wildman–Crippen LogP) is 2.55. The van der Waals surface area contributed by atoms with Gasteiger partial charge in [-0.3, -0.25) is 0 Å². The number of fused-ring (bicyclic) bond motifs is 1. The van der Waals surface area contributed by atoms with Crippen molar-refractivity contribution in [3.8, 4) is 5.69 Å². The minimum absolute atomic E-state index is 0.356. The molecular formula is C13H13FN5. The van der Waals surface area contributed by atoms with Crippen LogP contribution in [0.3, 0.4) is 0 Å². The lowest BCUT2D eigenvalue weighted by molar-refractivity contribution is 0.321. The van der Waals surface area contributed by atoms with Crippen LogP contribution in [0.4, 0.5) is 10.2 Å². The zero-order valence-corrected chi connectivity index (χ0v) is 10.4. The Morgan fingerprint density at radius 1 is 1.53 bits per heavy atom. The van der Waals surface area contributed by atoms with Gasteiger partial charge in [0.25, 0.3) is 0 Å². The normalized spacial score (nSPS) is 12.9. The number of nitrogens with zero attached hydrogens (tertiary/aromatic N) is 3. The van der Waals surface area contributed by atoms with Crippen molar-refractivity contribution < 1.29 is 4.39 Å². The molecule has 0 aliphatic rings. The molecule has 0 fully saturated rings. The SMILES string of the molecule is CCC(F)c1nc2cc(-n3nc[c]c3N)ccc2[nH]1. The van der Waals surface area contributed by atoms with Crippen LogP contribution in [-0.4, -0.2) is 19.7 Å². The smallest absolute Gasteiger partial charge is 0.157 e. The number of benzene rings is 1. The number of hydrogen-bond acceptors (Lipinski definition) is 3. The van der Waals surface area contributed by atoms with Crippen molar-refractivity contribution >= 4 is 16.9 Å². The van der Waals surface area contributed by atoms with Gasteiger partial charge in [0.1, 0.15) is 11.6 Å². The summed E-state index contributed by atoms with van der Waals surface area (Å²) in [6.45, 7) is 1.78. The van der Waals surface area contributed by atoms with Gasteiger partial charge in [0.2, 0.25) is 0 Å². The van der Waals surface area contributed by atoms with Gasteiger partial charge in [-0.25, -0.2) is 14.1 Å². The van der Waals surface area contributed by atoms with Crippen molar-refractivity contribution in [1.29, 1.82) is 0 Å². The highest BCUT2D eigenvalue weighted by molar-refractivity contribution is 5.77. The van der Waals surface area contributed by atoms with Crippen LogP contribution >= 0.6 is 0 Å². The molecule has 0 amide bonds. The lowest BCUT2D eigenvalue weighted by Crippen LogP contribution is -2.01. The van der Waals surface area contributed by atoms with Crippen molar-refractivity contribution in [2.45, 2.75) is 19.5 Å². The van der Waals surface area contributed by atoms with E-state index >= 15 is 0 Å². The first-order valence-electron chi connectivity index (χ1n) is 6.04. The molecule has 1 unspecified atom stereocenters. The van der Waals surface area contributed by atoms with Crippen LogP contribution in [0.1, 0.15) is 25.3 Å². The van der Waals surface area contributed by atoms with E-state index in [1.807, 2.05) is 18.2 Å². The van der Waals surface area contributed by atoms with Crippen LogP contribution in [-0.2, 0) is 0 Å². The van der Waals surface area contributed by atoms with Crippen molar-refractivity contribution in [1.82, 2.24) is 19.7 Å². The monoisotopic (exact) mass is 258 g/mol. The van der Waals surface area contributed by atoms with Crippen LogP contribution < -0.4 is 5.73 Å². The minimum Gasteiger partial charge on any atom is -0.383 e. The summed E-state index contributed by atoms with van der Waals surface area (Å²) in [7, 11) is 0. The molecule has 0 spiro atoms. The van der Waals surface area contributed by atoms with Crippen LogP contribution in [0, 0.1) is 6.07 Å². The second-order valence-electron chi connectivity index (χ2n) is 4.29. The molecule has 1 atom stereocenters. The van der Waals surface area contributed by atoms with Gasteiger partial charge in [0, 0.05) is 6.07 Å². The zero-order valence-electron chi connectivity index (χ0n) is 10.4. The largest absolute Gasteiger partial charge is 0.383 e. The molecule has 1 aromatic carbocycles. The summed E-state index contributed by atoms with van der Waals surface area (Å²) in [5.41, 5.74) is 8.01. The molecule has 0 aliphatic heterocycles. The first kappa shape index (κ1) is 11.7. The van der Waals surface area contributed by atoms with E-state index in [-0.39, 0.29) is 0 Å². The lowest BCUT2D eigenvalue weighted by atomic mass is 10.3. The highest BCUT2D eigenvalue weighted by Crippen LogP contribution is 2.23. The number of rotatable bonds is 3. The quantitative estimate of drug-likeness (QED) is 0.758. The number of hydrogen-bond donors (Lipinski definition) is 2. The molecule has 19 heavy (non-hydrogen) atoms. The summed E-state index contributed by atoms with van der Waals surface area (Å²) in [6, 6.07) is 8.29. The van der Waals surface area contributed by atoms with E-state index in [4.69, 9.17) is 5.73 Å². The molecule has 3 N–H and O–H groups in total. The van der Waals surface area contributed by atoms with Gasteiger partial charge in [0.05, 0.1) is 22.9 Å². The summed E-state index contributed by atoms with van der Waals surface area (Å²) >= 11 is 0. The molecule has 0 saturated heterocycles. The summed E-state index contributed by atoms with van der Waals surface area (Å²) in [5, 5.41) is 4.07. The fourth-order valence-corrected chi connectivity index (χ4v) is 1.97. The van der Waals surface area contributed by atoms with Gasteiger partial charge in [-0.2, -0.15) is 5.10 Å². The molecule has 5 nitrogen and oxygen atoms in total. The summed E-state index contributed by atoms with van der Waals surface area (Å²) in [4.78, 5) is 7.24. The van der Waals surface area contributed by atoms with Gasteiger partial charge in [-0.15, -0.1) is 0 Å². The summed E-state index contributed by atoms with van der Waals surface area (Å²) < 4.78 is 15.2. The van der Waals surface area contributed by atoms with Crippen LogP contribution in [0.2, 0.25) is 0 Å². The fourth-order valence-electron chi connectivity index (χ4n) is 1.97. The number of nitrogen functional groups attached to an aromatic ring is 1. The van der Waals surface area contributed by atoms with Gasteiger partial charge in [-0.05, 0) is 24.6 Å². The molecule has 97 valence electrons. The van der Waals surface area contributed by atoms with Gasteiger partial charge < -0.3 is 10.7 Å². The molecule has 0 bridgehead atoms. The molecule has 1 radical (unpaired) electrons. The third-order valence-corrected chi connectivity index (χ3v) is 3.00. The molecule has 0 aliphatic carbocycles. The van der Waals surface area contributed by atoms with E-state index in [1.165, 1.54) is 6.20 Å². The minimum atomic E-state index is -1.07. The number of nitrogens with one attached hydrogen (secondary N) is 1. The Bertz CT molecular complexity index is 715. The van der Waals surface area contributed by atoms with E-state index < -0.39 is 6.17 Å². The lowest BCUT2D eigenvalue weighted by Gasteiger charge is -2.02. The standard InChI is InChI=1S/C13H13FN5/c1-2-9(14)13-17-10-4-3-8(7-11(10)18-13)19-12(15)5-6-16-19/h3-4,6-7,9H,2,15H2,1H3,(H,17,18). The maximum atomic E-state index is 13.6. The van der Waals surface area contributed by atoms with Gasteiger partial charge in [-0.1, -0.05) is 6.92 Å². The maximum Gasteiger partial charge on any atom is 0.157 e. The van der Waals surface area contributed by atoms with Crippen molar-refractivity contribution in [3.63, 3.8) is 0 Å². The molecule has 3 rings (SSSR count). The number of alkyl halides is 1. The van der Waals surface area contributed by atoms with Crippen LogP contribution in [0.25, 0.3) is 16.7 Å². The molecular weight excluding hydrogens is 245 g/mol. The highest BCUT2D eigenvalue weighted by atomic mass is 19.1. The van der Waals surface area contributed by atoms with Gasteiger partial charge in [0.15, 0.2) is 6.17 Å². The third-order valence-electron chi connectivity index (χ3n) is 3.00. The van der Waals surface area contributed by atoms with E-state index in [0.29, 0.717) is 23.6 Å². The third kappa shape index (κ3) is 1.95. The first-order valence-corrected chi connectivity index (χ1v) is 6.04. The summed E-state index contributed by atoms with van der Waals surface area (Å²) in [6.07, 6.45) is 0.830. The number of nitrogens with two attached hydrogens (primary N) is 1. The number of anilines is 1. The van der Waals surface area contributed by atoms with Crippen molar-refractivity contribution in [3.05, 3.63) is 36.3 Å². The van der Waals surface area contributed by atoms with E-state index in [9.17, 15) is 4.39 Å². The molecule has 6 heteroatoms. The Kier molecular flexibility index (Phi) is 2.70. The predicted molar refractivity (Wildman–Crippen MR) is 70.6 cm³/mol. The Hall–Kier alpha value is -2.37. The second-order valence-corrected chi connectivity index (χ2v) is 4.29. The zero-order chi connectivity index (χ0) is 13.4. The average molecular weight is 258 g/mol.